The average Bonchev–Trinajstić information content (AvgIpc) is 2.55. The van der Waals surface area contributed by atoms with Gasteiger partial charge in [-0.15, -0.1) is 0 Å². The molecule has 0 rings (SSSR count). The second kappa shape index (κ2) is 18.6. The lowest BCUT2D eigenvalue weighted by molar-refractivity contribution is -0.119. The van der Waals surface area contributed by atoms with E-state index in [2.05, 4.69) is 24.5 Å². The summed E-state index contributed by atoms with van der Waals surface area (Å²) < 4.78 is 29.2. The van der Waals surface area contributed by atoms with E-state index in [-0.39, 0.29) is 28.0 Å². The molecule has 0 aliphatic carbocycles. The van der Waals surface area contributed by atoms with Crippen molar-refractivity contribution in [2.45, 2.75) is 59.9 Å². The molecule has 0 heterocycles. The van der Waals surface area contributed by atoms with Crippen molar-refractivity contribution in [3.63, 3.8) is 0 Å². The van der Waals surface area contributed by atoms with E-state index in [1.807, 2.05) is 20.8 Å². The number of hydrogen-bond donors (Lipinski definition) is 2. The van der Waals surface area contributed by atoms with Gasteiger partial charge in [0.2, 0.25) is 5.91 Å². The van der Waals surface area contributed by atoms with E-state index < -0.39 is 6.17 Å². The maximum atomic E-state index is 13.2. The van der Waals surface area contributed by atoms with Gasteiger partial charge in [-0.2, -0.15) is 0 Å². The number of ether oxygens (including phenoxy) is 3. The number of carbonyl (C=O) groups excluding carboxylic acids is 1. The summed E-state index contributed by atoms with van der Waals surface area (Å²) in [7, 11) is 0. The van der Waals surface area contributed by atoms with Gasteiger partial charge in [-0.25, -0.2) is 4.39 Å². The Bertz CT molecular complexity index is 291. The molecule has 6 nitrogen and oxygen atoms in total. The Morgan fingerprint density at radius 1 is 1.04 bits per heavy atom. The zero-order valence-electron chi connectivity index (χ0n) is 16.2. The molecule has 0 aromatic heterocycles. The van der Waals surface area contributed by atoms with Crippen molar-refractivity contribution in [2.75, 3.05) is 46.1 Å². The van der Waals surface area contributed by atoms with Crippen LogP contribution in [0.3, 0.4) is 0 Å². The topological polar surface area (TPSA) is 68.8 Å². The van der Waals surface area contributed by atoms with E-state index in [4.69, 9.17) is 14.2 Å². The average molecular weight is 357 g/mol. The van der Waals surface area contributed by atoms with Gasteiger partial charge >= 0.3 is 0 Å². The van der Waals surface area contributed by atoms with E-state index in [9.17, 15) is 9.18 Å². The Hall–Kier alpha value is -0.760. The van der Waals surface area contributed by atoms with Gasteiger partial charge in [0.1, 0.15) is 6.17 Å². The number of hydrogen-bond acceptors (Lipinski definition) is 5. The third-order valence-electron chi connectivity index (χ3n) is 2.69. The zero-order chi connectivity index (χ0) is 18.8. The van der Waals surface area contributed by atoms with Crippen molar-refractivity contribution in [1.82, 2.24) is 10.6 Å². The highest BCUT2D eigenvalue weighted by atomic mass is 19.1. The van der Waals surface area contributed by atoms with Crippen LogP contribution in [0.15, 0.2) is 0 Å². The monoisotopic (exact) mass is 356 g/mol. The number of amides is 1. The molecular weight excluding hydrogens is 315 g/mol. The molecule has 0 aliphatic rings. The van der Waals surface area contributed by atoms with Crippen LogP contribution in [0.1, 0.15) is 44.4 Å². The van der Waals surface area contributed by atoms with Crippen molar-refractivity contribution in [3.8, 4) is 0 Å². The van der Waals surface area contributed by atoms with E-state index in [0.717, 1.165) is 6.54 Å². The Morgan fingerprint density at radius 2 is 1.62 bits per heavy atom. The maximum Gasteiger partial charge on any atom is 0.216 e. The molecule has 0 aromatic rings. The van der Waals surface area contributed by atoms with Crippen LogP contribution in [0.2, 0.25) is 0 Å². The van der Waals surface area contributed by atoms with Gasteiger partial charge in [-0.3, -0.25) is 4.79 Å². The standard InChI is InChI=1S/C15H31FN2O4.C2H6.2H2/c1-12(2)17-9-13(3)22-8-7-20-5-6-21-11-15(16)10-18-14(4)19;1-2;;/h12-13,15,17H,5-11H2,1-4H3,(H,18,19);1-2H3;2*1H. The molecule has 0 fully saturated rings. The minimum Gasteiger partial charge on any atom is -0.377 e. The number of carbonyl (C=O) groups is 1. The first kappa shape index (κ1) is 25.5. The van der Waals surface area contributed by atoms with Crippen molar-refractivity contribution in [2.24, 2.45) is 0 Å². The lowest BCUT2D eigenvalue weighted by Gasteiger charge is -2.16. The Balaban J connectivity index is -0.000000582. The quantitative estimate of drug-likeness (QED) is 0.468. The lowest BCUT2D eigenvalue weighted by Crippen LogP contribution is -2.32. The van der Waals surface area contributed by atoms with Gasteiger partial charge in [-0.05, 0) is 6.92 Å². The van der Waals surface area contributed by atoms with Crippen molar-refractivity contribution in [1.29, 1.82) is 0 Å². The summed E-state index contributed by atoms with van der Waals surface area (Å²) in [6.07, 6.45) is -1.05. The lowest BCUT2D eigenvalue weighted by atomic mass is 10.3. The summed E-state index contributed by atoms with van der Waals surface area (Å²) in [6, 6.07) is 0.449. The van der Waals surface area contributed by atoms with Gasteiger partial charge in [0.05, 0.1) is 45.7 Å². The fourth-order valence-corrected chi connectivity index (χ4v) is 1.51. The van der Waals surface area contributed by atoms with E-state index in [1.54, 1.807) is 0 Å². The summed E-state index contributed by atoms with van der Waals surface area (Å²) >= 11 is 0. The molecule has 1 amide bonds. The van der Waals surface area contributed by atoms with E-state index in [1.165, 1.54) is 6.92 Å². The van der Waals surface area contributed by atoms with E-state index in [0.29, 0.717) is 32.5 Å². The molecule has 0 saturated heterocycles. The normalized spacial score (nSPS) is 13.2. The molecule has 7 heteroatoms. The highest BCUT2D eigenvalue weighted by Gasteiger charge is 2.07. The predicted octanol–water partition coefficient (Wildman–Crippen LogP) is 2.42. The molecule has 2 unspecified atom stereocenters. The highest BCUT2D eigenvalue weighted by Crippen LogP contribution is 1.92. The van der Waals surface area contributed by atoms with E-state index >= 15 is 0 Å². The summed E-state index contributed by atoms with van der Waals surface area (Å²) in [5, 5.41) is 5.69. The molecule has 2 atom stereocenters. The summed E-state index contributed by atoms with van der Waals surface area (Å²) in [4.78, 5) is 10.6. The van der Waals surface area contributed by atoms with Crippen LogP contribution in [0, 0.1) is 0 Å². The first-order chi connectivity index (χ1) is 11.4. The fourth-order valence-electron chi connectivity index (χ4n) is 1.51. The Kier molecular flexibility index (Phi) is 19.7. The largest absolute Gasteiger partial charge is 0.377 e. The van der Waals surface area contributed by atoms with Gasteiger partial charge < -0.3 is 24.8 Å². The van der Waals surface area contributed by atoms with Crippen molar-refractivity contribution >= 4 is 5.91 Å². The third-order valence-corrected chi connectivity index (χ3v) is 2.69. The number of nitrogens with one attached hydrogen (secondary N) is 2. The minimum absolute atomic E-state index is 0. The van der Waals surface area contributed by atoms with Crippen molar-refractivity contribution in [3.05, 3.63) is 0 Å². The first-order valence-electron chi connectivity index (χ1n) is 8.80. The molecule has 0 aromatic carbocycles. The summed E-state index contributed by atoms with van der Waals surface area (Å²) in [6.45, 7) is 14.0. The van der Waals surface area contributed by atoms with Crippen LogP contribution >= 0.6 is 0 Å². The van der Waals surface area contributed by atoms with Gasteiger partial charge in [-0.1, -0.05) is 27.7 Å². The minimum atomic E-state index is -1.19. The number of alkyl halides is 1. The van der Waals surface area contributed by atoms with Crippen molar-refractivity contribution < 1.29 is 26.2 Å². The zero-order valence-corrected chi connectivity index (χ0v) is 16.2. The summed E-state index contributed by atoms with van der Waals surface area (Å²) in [5.41, 5.74) is 0. The molecule has 0 bridgehead atoms. The van der Waals surface area contributed by atoms with Crippen LogP contribution in [-0.4, -0.2) is 70.3 Å². The van der Waals surface area contributed by atoms with Crippen LogP contribution in [0.5, 0.6) is 0 Å². The Morgan fingerprint density at radius 3 is 2.21 bits per heavy atom. The molecule has 0 spiro atoms. The SMILES string of the molecule is CC.CC(=O)NCC(F)COCCOCCOC(C)CNC(C)C.[HH].[HH]. The summed E-state index contributed by atoms with van der Waals surface area (Å²) in [5.74, 6) is -0.246. The fraction of sp³-hybridized carbons (Fsp3) is 0.941. The first-order valence-corrected chi connectivity index (χ1v) is 8.80. The van der Waals surface area contributed by atoms with Crippen LogP contribution in [-0.2, 0) is 19.0 Å². The third kappa shape index (κ3) is 21.2. The molecule has 0 radical (unpaired) electrons. The molecule has 24 heavy (non-hydrogen) atoms. The van der Waals surface area contributed by atoms with Crippen LogP contribution < -0.4 is 10.6 Å². The van der Waals surface area contributed by atoms with Crippen LogP contribution in [0.25, 0.3) is 0 Å². The smallest absolute Gasteiger partial charge is 0.216 e. The molecule has 2 N–H and O–H groups in total. The van der Waals surface area contributed by atoms with Gasteiger partial charge in [0.25, 0.3) is 0 Å². The molecule has 0 saturated carbocycles. The number of rotatable bonds is 14. The molecular formula is C17H41FN2O4. The predicted molar refractivity (Wildman–Crippen MR) is 99.3 cm³/mol. The second-order valence-electron chi connectivity index (χ2n) is 5.47. The van der Waals surface area contributed by atoms with Gasteiger partial charge in [0.15, 0.2) is 0 Å². The number of halogens is 1. The van der Waals surface area contributed by atoms with Crippen LogP contribution in [0.4, 0.5) is 4.39 Å². The molecule has 0 aliphatic heterocycles. The van der Waals surface area contributed by atoms with Gasteiger partial charge in [0, 0.05) is 22.4 Å². The maximum absolute atomic E-state index is 13.2. The molecule has 150 valence electrons. The highest BCUT2D eigenvalue weighted by molar-refractivity contribution is 5.72. The second-order valence-corrected chi connectivity index (χ2v) is 5.47. The Labute approximate surface area is 149 Å².